The zero-order chi connectivity index (χ0) is 41.5. The van der Waals surface area contributed by atoms with Gasteiger partial charge in [-0.25, -0.2) is 17.9 Å². The van der Waals surface area contributed by atoms with Crippen LogP contribution in [0.2, 0.25) is 0 Å². The molecule has 296 valence electrons. The number of carbonyl (C=O) groups is 3. The van der Waals surface area contributed by atoms with Crippen molar-refractivity contribution in [2.45, 2.75) is 43.4 Å². The van der Waals surface area contributed by atoms with E-state index in [0.717, 1.165) is 12.1 Å². The monoisotopic (exact) mass is 802 g/mol. The third-order valence-electron chi connectivity index (χ3n) is 7.86. The summed E-state index contributed by atoms with van der Waals surface area (Å²) < 4.78 is 78.0. The molecule has 4 aromatic carbocycles. The minimum atomic E-state index is -4.69. The van der Waals surface area contributed by atoms with E-state index in [1.165, 1.54) is 49.6 Å². The maximum absolute atomic E-state index is 14.0. The number of urea groups is 1. The number of hydrogen-bond acceptors (Lipinski definition) is 9. The Hall–Kier alpha value is -6.75. The number of rotatable bonds is 12. The van der Waals surface area contributed by atoms with E-state index in [9.17, 15) is 36.0 Å². The summed E-state index contributed by atoms with van der Waals surface area (Å²) in [5.74, 6) is -1.01. The number of alkyl halides is 3. The number of sulfonamides is 1. The van der Waals surface area contributed by atoms with Crippen LogP contribution in [0.15, 0.2) is 115 Å². The summed E-state index contributed by atoms with van der Waals surface area (Å²) in [5, 5.41) is 8.06. The zero-order valence-corrected chi connectivity index (χ0v) is 31.8. The summed E-state index contributed by atoms with van der Waals surface area (Å²) in [6.45, 7) is 9.10. The lowest BCUT2D eigenvalue weighted by atomic mass is 10.0. The molecule has 0 spiro atoms. The maximum Gasteiger partial charge on any atom is 0.416 e. The molecule has 4 N–H and O–H groups in total. The molecule has 0 aliphatic rings. The number of methoxy groups -OCH3 is 1. The van der Waals surface area contributed by atoms with E-state index in [0.29, 0.717) is 29.1 Å². The largest absolute Gasteiger partial charge is 0.481 e. The van der Waals surface area contributed by atoms with Crippen molar-refractivity contribution < 1.29 is 45.4 Å². The average molecular weight is 803 g/mol. The van der Waals surface area contributed by atoms with Crippen LogP contribution in [0.3, 0.4) is 0 Å². The number of carbonyl (C=O) groups excluding carboxylic acids is 3. The van der Waals surface area contributed by atoms with E-state index < -0.39 is 56.1 Å². The smallest absolute Gasteiger partial charge is 0.416 e. The number of amides is 4. The topological polar surface area (TPSA) is 178 Å². The molecule has 0 bridgehead atoms. The van der Waals surface area contributed by atoms with Gasteiger partial charge in [-0.3, -0.25) is 9.59 Å². The molecule has 17 heteroatoms. The first-order valence-corrected chi connectivity index (χ1v) is 18.5. The van der Waals surface area contributed by atoms with Crippen LogP contribution in [0, 0.1) is 0 Å². The summed E-state index contributed by atoms with van der Waals surface area (Å²) in [4.78, 5) is 48.5. The molecule has 57 heavy (non-hydrogen) atoms. The second-order valence-corrected chi connectivity index (χ2v) is 15.0. The van der Waals surface area contributed by atoms with Crippen molar-refractivity contribution in [3.8, 4) is 28.9 Å². The van der Waals surface area contributed by atoms with Crippen molar-refractivity contribution in [2.75, 3.05) is 12.4 Å². The van der Waals surface area contributed by atoms with Crippen LogP contribution in [0.4, 0.5) is 23.7 Å². The summed E-state index contributed by atoms with van der Waals surface area (Å²) in [6, 6.07) is 21.1. The molecule has 1 heterocycles. The lowest BCUT2D eigenvalue weighted by Crippen LogP contribution is -2.49. The fourth-order valence-corrected chi connectivity index (χ4v) is 6.18. The average Bonchev–Trinajstić information content (AvgIpc) is 3.16. The SMILES string of the molecule is C=Cc1ccc(C(NC(=O)NC(C)(C)C)C(=O)Nc2cccc(C(=O)NS(=O)(=O)c3ccc(C(F)(F)F)cc3)c2)cc1Oc1cc(OC)nc(-c2ccccc2)n1. The molecule has 13 nitrogen and oxygen atoms in total. The van der Waals surface area contributed by atoms with Gasteiger partial charge in [0, 0.05) is 27.9 Å². The third-order valence-corrected chi connectivity index (χ3v) is 9.21. The highest BCUT2D eigenvalue weighted by Gasteiger charge is 2.31. The van der Waals surface area contributed by atoms with E-state index in [-0.39, 0.29) is 34.3 Å². The van der Waals surface area contributed by atoms with Gasteiger partial charge in [0.15, 0.2) is 5.82 Å². The van der Waals surface area contributed by atoms with Gasteiger partial charge < -0.3 is 25.4 Å². The van der Waals surface area contributed by atoms with Crippen LogP contribution >= 0.6 is 0 Å². The third kappa shape index (κ3) is 10.9. The van der Waals surface area contributed by atoms with Gasteiger partial charge in [0.1, 0.15) is 11.8 Å². The van der Waals surface area contributed by atoms with Gasteiger partial charge in [0.2, 0.25) is 11.8 Å². The standard InChI is InChI=1S/C40H37F3N6O7S/c1-6-24-15-16-26(22-31(24)56-33-23-32(55-5)45-35(46-33)25-11-8-7-9-12-25)34(47-38(52)48-39(2,3)4)37(51)44-29-14-10-13-27(21-29)36(50)49-57(53,54)30-19-17-28(18-20-30)40(41,42)43/h6-23,34H,1H2,2-5H3,(H,44,51)(H,49,50)(H2,47,48,52). The quantitative estimate of drug-likeness (QED) is 0.0995. The molecule has 0 aliphatic heterocycles. The van der Waals surface area contributed by atoms with Gasteiger partial charge in [-0.2, -0.15) is 23.1 Å². The van der Waals surface area contributed by atoms with Gasteiger partial charge in [-0.05, 0) is 74.9 Å². The second kappa shape index (κ2) is 16.9. The number of anilines is 1. The van der Waals surface area contributed by atoms with E-state index in [1.807, 2.05) is 35.1 Å². The van der Waals surface area contributed by atoms with Gasteiger partial charge in [-0.15, -0.1) is 0 Å². The predicted octanol–water partition coefficient (Wildman–Crippen LogP) is 7.50. The normalized spacial score (nSPS) is 12.1. The molecule has 0 saturated carbocycles. The summed E-state index contributed by atoms with van der Waals surface area (Å²) in [6.07, 6.45) is -3.16. The fraction of sp³-hybridized carbons (Fsp3) is 0.175. The first-order valence-electron chi connectivity index (χ1n) is 17.0. The highest BCUT2D eigenvalue weighted by atomic mass is 32.2. The van der Waals surface area contributed by atoms with Crippen molar-refractivity contribution in [1.29, 1.82) is 0 Å². The van der Waals surface area contributed by atoms with Crippen LogP contribution in [-0.2, 0) is 21.0 Å². The van der Waals surface area contributed by atoms with Gasteiger partial charge in [0.05, 0.1) is 23.6 Å². The zero-order valence-electron chi connectivity index (χ0n) is 31.0. The first kappa shape index (κ1) is 41.4. The van der Waals surface area contributed by atoms with Crippen LogP contribution in [0.25, 0.3) is 17.5 Å². The minimum Gasteiger partial charge on any atom is -0.481 e. The number of ether oxygens (including phenoxy) is 2. The second-order valence-electron chi connectivity index (χ2n) is 13.3. The van der Waals surface area contributed by atoms with E-state index >= 15 is 0 Å². The fourth-order valence-electron chi connectivity index (χ4n) is 5.20. The molecule has 1 aromatic heterocycles. The number of nitrogens with zero attached hydrogens (tertiary/aromatic N) is 2. The predicted molar refractivity (Wildman–Crippen MR) is 206 cm³/mol. The molecule has 4 amide bonds. The van der Waals surface area contributed by atoms with Crippen LogP contribution in [-0.4, -0.2) is 48.9 Å². The molecule has 1 unspecified atom stereocenters. The first-order chi connectivity index (χ1) is 26.8. The molecular weight excluding hydrogens is 766 g/mol. The van der Waals surface area contributed by atoms with Crippen LogP contribution < -0.4 is 30.1 Å². The number of nitrogens with one attached hydrogen (secondary N) is 4. The highest BCUT2D eigenvalue weighted by molar-refractivity contribution is 7.90. The number of aromatic nitrogens is 2. The molecule has 5 rings (SSSR count). The Labute approximate surface area is 326 Å². The molecule has 0 aliphatic carbocycles. The molecule has 0 fully saturated rings. The Morgan fingerprint density at radius 3 is 2.16 bits per heavy atom. The molecular formula is C40H37F3N6O7S. The Balaban J connectivity index is 1.42. The van der Waals surface area contributed by atoms with Crippen LogP contribution in [0.5, 0.6) is 17.5 Å². The number of halogens is 3. The van der Waals surface area contributed by atoms with Crippen molar-refractivity contribution in [3.63, 3.8) is 0 Å². The van der Waals surface area contributed by atoms with Gasteiger partial charge in [-0.1, -0.05) is 61.2 Å². The van der Waals surface area contributed by atoms with Crippen molar-refractivity contribution >= 4 is 39.6 Å². The Kier molecular flexibility index (Phi) is 12.3. The number of benzene rings is 4. The molecule has 5 aromatic rings. The Morgan fingerprint density at radius 2 is 1.53 bits per heavy atom. The summed E-state index contributed by atoms with van der Waals surface area (Å²) in [7, 11) is -3.13. The van der Waals surface area contributed by atoms with Crippen molar-refractivity contribution in [1.82, 2.24) is 25.3 Å². The maximum atomic E-state index is 14.0. The summed E-state index contributed by atoms with van der Waals surface area (Å²) in [5.41, 5.74) is -0.436. The molecule has 0 saturated heterocycles. The Morgan fingerprint density at radius 1 is 0.842 bits per heavy atom. The van der Waals surface area contributed by atoms with Gasteiger partial charge in [0.25, 0.3) is 21.8 Å². The molecule has 0 radical (unpaired) electrons. The lowest BCUT2D eigenvalue weighted by Gasteiger charge is -2.25. The summed E-state index contributed by atoms with van der Waals surface area (Å²) >= 11 is 0. The molecule has 1 atom stereocenters. The van der Waals surface area contributed by atoms with Crippen molar-refractivity contribution in [2.24, 2.45) is 0 Å². The lowest BCUT2D eigenvalue weighted by molar-refractivity contribution is -0.137. The van der Waals surface area contributed by atoms with E-state index in [1.54, 1.807) is 32.9 Å². The highest BCUT2D eigenvalue weighted by Crippen LogP contribution is 2.33. The van der Waals surface area contributed by atoms with Crippen LogP contribution in [0.1, 0.15) is 53.9 Å². The van der Waals surface area contributed by atoms with Gasteiger partial charge >= 0.3 is 12.2 Å². The Bertz CT molecular complexity index is 2400. The van der Waals surface area contributed by atoms with E-state index in [4.69, 9.17) is 9.47 Å². The minimum absolute atomic E-state index is 0.0447. The van der Waals surface area contributed by atoms with E-state index in [2.05, 4.69) is 32.5 Å². The van der Waals surface area contributed by atoms with Crippen molar-refractivity contribution in [3.05, 3.63) is 132 Å². The number of hydrogen-bond donors (Lipinski definition) is 4.